The summed E-state index contributed by atoms with van der Waals surface area (Å²) in [4.78, 5) is 14.6. The maximum atomic E-state index is 12.7. The van der Waals surface area contributed by atoms with Gasteiger partial charge in [0.25, 0.3) is 5.91 Å². The molecule has 6 nitrogen and oxygen atoms in total. The van der Waals surface area contributed by atoms with Crippen LogP contribution in [-0.2, 0) is 0 Å². The van der Waals surface area contributed by atoms with Gasteiger partial charge in [-0.25, -0.2) is 0 Å². The molecule has 22 heavy (non-hydrogen) atoms. The van der Waals surface area contributed by atoms with Crippen LogP contribution in [0.2, 0.25) is 0 Å². The van der Waals surface area contributed by atoms with Crippen molar-refractivity contribution >= 4 is 5.91 Å². The summed E-state index contributed by atoms with van der Waals surface area (Å²) in [6.07, 6.45) is 1.02. The molecule has 1 aromatic carbocycles. The zero-order chi connectivity index (χ0) is 16.1. The van der Waals surface area contributed by atoms with E-state index in [-0.39, 0.29) is 5.91 Å². The second-order valence-electron chi connectivity index (χ2n) is 5.38. The molecule has 1 aliphatic rings. The Bertz CT molecular complexity index is 508. The summed E-state index contributed by atoms with van der Waals surface area (Å²) in [5.41, 5.74) is 0.555. The molecule has 0 radical (unpaired) electrons. The van der Waals surface area contributed by atoms with Crippen molar-refractivity contribution in [1.29, 1.82) is 0 Å². The predicted octanol–water partition coefficient (Wildman–Crippen LogP) is 1.39. The molecule has 1 fully saturated rings. The highest BCUT2D eigenvalue weighted by molar-refractivity contribution is 5.95. The Kier molecular flexibility index (Phi) is 5.49. The van der Waals surface area contributed by atoms with Gasteiger partial charge in [0, 0.05) is 18.7 Å². The summed E-state index contributed by atoms with van der Waals surface area (Å²) >= 11 is 0. The van der Waals surface area contributed by atoms with Crippen LogP contribution in [0, 0.1) is 5.92 Å². The Labute approximate surface area is 131 Å². The summed E-state index contributed by atoms with van der Waals surface area (Å²) in [5, 5.41) is 3.17. The Balaban J connectivity index is 2.23. The average molecular weight is 308 g/mol. The summed E-state index contributed by atoms with van der Waals surface area (Å²) < 4.78 is 15.9. The van der Waals surface area contributed by atoms with E-state index in [4.69, 9.17) is 14.2 Å². The van der Waals surface area contributed by atoms with Crippen LogP contribution in [-0.4, -0.2) is 58.8 Å². The van der Waals surface area contributed by atoms with E-state index in [0.717, 1.165) is 26.1 Å². The van der Waals surface area contributed by atoms with Gasteiger partial charge in [-0.1, -0.05) is 0 Å². The molecule has 1 saturated heterocycles. The zero-order valence-electron chi connectivity index (χ0n) is 13.6. The van der Waals surface area contributed by atoms with Gasteiger partial charge in [-0.05, 0) is 38.1 Å². The minimum absolute atomic E-state index is 0.00199. The molecule has 0 bridgehead atoms. The van der Waals surface area contributed by atoms with Crippen molar-refractivity contribution in [1.82, 2.24) is 10.2 Å². The van der Waals surface area contributed by atoms with Crippen LogP contribution in [0.4, 0.5) is 0 Å². The van der Waals surface area contributed by atoms with E-state index < -0.39 is 0 Å². The molecule has 2 rings (SSSR count). The van der Waals surface area contributed by atoms with Crippen molar-refractivity contribution in [2.24, 2.45) is 5.92 Å². The number of carbonyl (C=O) groups is 1. The first kappa shape index (κ1) is 16.4. The Hall–Kier alpha value is -1.95. The highest BCUT2D eigenvalue weighted by Gasteiger charge is 2.28. The number of nitrogens with one attached hydrogen (secondary N) is 1. The monoisotopic (exact) mass is 308 g/mol. The first-order valence-corrected chi connectivity index (χ1v) is 7.38. The molecule has 0 spiro atoms. The molecule has 122 valence electrons. The summed E-state index contributed by atoms with van der Waals surface area (Å²) in [5.74, 6) is 2.00. The molecule has 1 amide bonds. The van der Waals surface area contributed by atoms with Gasteiger partial charge < -0.3 is 24.4 Å². The van der Waals surface area contributed by atoms with Crippen LogP contribution in [0.15, 0.2) is 12.1 Å². The van der Waals surface area contributed by atoms with Crippen LogP contribution >= 0.6 is 0 Å². The molecular formula is C16H24N2O4. The third kappa shape index (κ3) is 3.27. The topological polar surface area (TPSA) is 60.0 Å². The first-order chi connectivity index (χ1) is 10.6. The zero-order valence-corrected chi connectivity index (χ0v) is 13.6. The minimum atomic E-state index is -0.00199. The number of methoxy groups -OCH3 is 3. The molecular weight excluding hydrogens is 284 g/mol. The normalized spacial score (nSPS) is 17.5. The number of amides is 1. The SMILES string of the molecule is CNCC1CCN(C(=O)c2cc(OC)c(OC)c(OC)c2)C1. The molecule has 0 saturated carbocycles. The Morgan fingerprint density at radius 1 is 1.23 bits per heavy atom. The van der Waals surface area contributed by atoms with E-state index in [0.29, 0.717) is 28.7 Å². The standard InChI is InChI=1S/C16H24N2O4/c1-17-9-11-5-6-18(10-11)16(19)12-7-13(20-2)15(22-4)14(8-12)21-3/h7-8,11,17H,5-6,9-10H2,1-4H3. The highest BCUT2D eigenvalue weighted by Crippen LogP contribution is 2.38. The summed E-state index contributed by atoms with van der Waals surface area (Å²) in [6, 6.07) is 3.41. The minimum Gasteiger partial charge on any atom is -0.493 e. The molecule has 0 aliphatic carbocycles. The molecule has 6 heteroatoms. The molecule has 1 heterocycles. The number of hydrogen-bond acceptors (Lipinski definition) is 5. The van der Waals surface area contributed by atoms with Crippen LogP contribution in [0.5, 0.6) is 17.2 Å². The van der Waals surface area contributed by atoms with Crippen LogP contribution in [0.25, 0.3) is 0 Å². The fraction of sp³-hybridized carbons (Fsp3) is 0.562. The second kappa shape index (κ2) is 7.35. The van der Waals surface area contributed by atoms with E-state index in [1.54, 1.807) is 33.5 Å². The van der Waals surface area contributed by atoms with Crippen molar-refractivity contribution in [3.63, 3.8) is 0 Å². The maximum absolute atomic E-state index is 12.7. The van der Waals surface area contributed by atoms with Crippen molar-refractivity contribution in [3.05, 3.63) is 17.7 Å². The fourth-order valence-electron chi connectivity index (χ4n) is 2.86. The number of rotatable bonds is 6. The molecule has 1 aliphatic heterocycles. The lowest BCUT2D eigenvalue weighted by atomic mass is 10.1. The second-order valence-corrected chi connectivity index (χ2v) is 5.38. The van der Waals surface area contributed by atoms with Gasteiger partial charge in [0.05, 0.1) is 21.3 Å². The van der Waals surface area contributed by atoms with Gasteiger partial charge in [0.2, 0.25) is 5.75 Å². The number of ether oxygens (including phenoxy) is 3. The lowest BCUT2D eigenvalue weighted by Gasteiger charge is -2.19. The quantitative estimate of drug-likeness (QED) is 0.860. The smallest absolute Gasteiger partial charge is 0.254 e. The third-order valence-electron chi connectivity index (χ3n) is 3.98. The molecule has 1 N–H and O–H groups in total. The number of carbonyl (C=O) groups excluding carboxylic acids is 1. The van der Waals surface area contributed by atoms with Crippen molar-refractivity contribution in [3.8, 4) is 17.2 Å². The Morgan fingerprint density at radius 2 is 1.86 bits per heavy atom. The van der Waals surface area contributed by atoms with Crippen LogP contribution in [0.3, 0.4) is 0 Å². The molecule has 1 unspecified atom stereocenters. The summed E-state index contributed by atoms with van der Waals surface area (Å²) in [7, 11) is 6.57. The molecule has 1 aromatic rings. The van der Waals surface area contributed by atoms with E-state index in [1.165, 1.54) is 0 Å². The number of hydrogen-bond donors (Lipinski definition) is 1. The van der Waals surface area contributed by atoms with Crippen molar-refractivity contribution < 1.29 is 19.0 Å². The summed E-state index contributed by atoms with van der Waals surface area (Å²) in [6.45, 7) is 2.48. The predicted molar refractivity (Wildman–Crippen MR) is 84.0 cm³/mol. The lowest BCUT2D eigenvalue weighted by Crippen LogP contribution is -2.30. The van der Waals surface area contributed by atoms with Crippen molar-refractivity contribution in [2.45, 2.75) is 6.42 Å². The largest absolute Gasteiger partial charge is 0.493 e. The van der Waals surface area contributed by atoms with Crippen LogP contribution in [0.1, 0.15) is 16.8 Å². The van der Waals surface area contributed by atoms with Gasteiger partial charge in [-0.15, -0.1) is 0 Å². The Morgan fingerprint density at radius 3 is 2.36 bits per heavy atom. The maximum Gasteiger partial charge on any atom is 0.254 e. The van der Waals surface area contributed by atoms with Crippen molar-refractivity contribution in [2.75, 3.05) is 48.0 Å². The molecule has 0 aromatic heterocycles. The third-order valence-corrected chi connectivity index (χ3v) is 3.98. The van der Waals surface area contributed by atoms with Gasteiger partial charge in [0.1, 0.15) is 0 Å². The van der Waals surface area contributed by atoms with E-state index in [2.05, 4.69) is 5.32 Å². The number of benzene rings is 1. The van der Waals surface area contributed by atoms with Gasteiger partial charge >= 0.3 is 0 Å². The number of likely N-dealkylation sites (tertiary alicyclic amines) is 1. The first-order valence-electron chi connectivity index (χ1n) is 7.38. The molecule has 1 atom stereocenters. The van der Waals surface area contributed by atoms with Gasteiger partial charge in [0.15, 0.2) is 11.5 Å². The highest BCUT2D eigenvalue weighted by atomic mass is 16.5. The van der Waals surface area contributed by atoms with Gasteiger partial charge in [-0.3, -0.25) is 4.79 Å². The lowest BCUT2D eigenvalue weighted by molar-refractivity contribution is 0.0786. The van der Waals surface area contributed by atoms with E-state index in [1.807, 2.05) is 11.9 Å². The van der Waals surface area contributed by atoms with Crippen LogP contribution < -0.4 is 19.5 Å². The van der Waals surface area contributed by atoms with E-state index >= 15 is 0 Å². The fourth-order valence-corrected chi connectivity index (χ4v) is 2.86. The van der Waals surface area contributed by atoms with Gasteiger partial charge in [-0.2, -0.15) is 0 Å². The van der Waals surface area contributed by atoms with E-state index in [9.17, 15) is 4.79 Å². The number of nitrogens with zero attached hydrogens (tertiary/aromatic N) is 1. The average Bonchev–Trinajstić information content (AvgIpc) is 3.01.